The normalized spacial score (nSPS) is 10.8. The number of aliphatic hydroxyl groups is 1. The molecule has 0 amide bonds. The minimum atomic E-state index is 0.272. The van der Waals surface area contributed by atoms with Crippen LogP contribution in [-0.2, 0) is 0 Å². The molecule has 0 aliphatic carbocycles. The Morgan fingerprint density at radius 2 is 1.79 bits per heavy atom. The van der Waals surface area contributed by atoms with Crippen molar-refractivity contribution in [2.45, 2.75) is 46.0 Å². The second-order valence-electron chi connectivity index (χ2n) is 5.02. The summed E-state index contributed by atoms with van der Waals surface area (Å²) in [5.41, 5.74) is 1.05. The first kappa shape index (κ1) is 15.7. The van der Waals surface area contributed by atoms with Crippen LogP contribution in [-0.4, -0.2) is 35.3 Å². The quantitative estimate of drug-likeness (QED) is 0.631. The van der Waals surface area contributed by atoms with Crippen LogP contribution >= 0.6 is 0 Å². The van der Waals surface area contributed by atoms with E-state index in [9.17, 15) is 0 Å². The summed E-state index contributed by atoms with van der Waals surface area (Å²) >= 11 is 0. The van der Waals surface area contributed by atoms with Crippen molar-refractivity contribution in [1.29, 1.82) is 0 Å². The van der Waals surface area contributed by atoms with Crippen LogP contribution < -0.4 is 10.6 Å². The highest BCUT2D eigenvalue weighted by Crippen LogP contribution is 2.22. The van der Waals surface area contributed by atoms with Crippen LogP contribution in [0, 0.1) is 6.92 Å². The highest BCUT2D eigenvalue weighted by atomic mass is 16.2. The molecule has 0 saturated carbocycles. The zero-order chi connectivity index (χ0) is 14.3. The fraction of sp³-hybridized carbons (Fsp3) is 0.714. The van der Waals surface area contributed by atoms with Gasteiger partial charge in [0.1, 0.15) is 17.5 Å². The van der Waals surface area contributed by atoms with Crippen molar-refractivity contribution >= 4 is 11.6 Å². The Morgan fingerprint density at radius 3 is 2.37 bits per heavy atom. The lowest BCUT2D eigenvalue weighted by Crippen LogP contribution is -2.11. The van der Waals surface area contributed by atoms with Crippen LogP contribution in [0.2, 0.25) is 0 Å². The fourth-order valence-electron chi connectivity index (χ4n) is 1.83. The summed E-state index contributed by atoms with van der Waals surface area (Å²) in [4.78, 5) is 9.10. The second kappa shape index (κ2) is 7.94. The van der Waals surface area contributed by atoms with Gasteiger partial charge in [0.15, 0.2) is 0 Å². The lowest BCUT2D eigenvalue weighted by Gasteiger charge is -2.15. The first-order valence-corrected chi connectivity index (χ1v) is 7.01. The summed E-state index contributed by atoms with van der Waals surface area (Å²) in [7, 11) is 1.88. The topological polar surface area (TPSA) is 70.1 Å². The molecule has 0 atom stereocenters. The minimum Gasteiger partial charge on any atom is -0.396 e. The van der Waals surface area contributed by atoms with Gasteiger partial charge in [-0.25, -0.2) is 9.97 Å². The van der Waals surface area contributed by atoms with Crippen molar-refractivity contribution in [1.82, 2.24) is 9.97 Å². The van der Waals surface area contributed by atoms with Gasteiger partial charge >= 0.3 is 0 Å². The number of hydrogen-bond donors (Lipinski definition) is 3. The molecule has 0 aromatic carbocycles. The van der Waals surface area contributed by atoms with Crippen molar-refractivity contribution < 1.29 is 5.11 Å². The van der Waals surface area contributed by atoms with Crippen molar-refractivity contribution in [2.24, 2.45) is 0 Å². The predicted octanol–water partition coefficient (Wildman–Crippen LogP) is 2.52. The van der Waals surface area contributed by atoms with E-state index in [1.807, 2.05) is 14.0 Å². The summed E-state index contributed by atoms with van der Waals surface area (Å²) in [5, 5.41) is 15.2. The molecule has 5 heteroatoms. The van der Waals surface area contributed by atoms with Crippen molar-refractivity contribution in [3.63, 3.8) is 0 Å². The first-order chi connectivity index (χ1) is 9.10. The van der Waals surface area contributed by atoms with Crippen LogP contribution in [0.15, 0.2) is 0 Å². The molecule has 1 aromatic rings. The lowest BCUT2D eigenvalue weighted by molar-refractivity contribution is 0.283. The highest BCUT2D eigenvalue weighted by Gasteiger charge is 2.11. The van der Waals surface area contributed by atoms with Gasteiger partial charge in [-0.3, -0.25) is 0 Å². The van der Waals surface area contributed by atoms with E-state index in [-0.39, 0.29) is 6.61 Å². The molecule has 1 heterocycles. The van der Waals surface area contributed by atoms with E-state index in [1.54, 1.807) is 0 Å². The van der Waals surface area contributed by atoms with E-state index < -0.39 is 0 Å². The Labute approximate surface area is 115 Å². The molecule has 0 radical (unpaired) electrons. The third-order valence-electron chi connectivity index (χ3n) is 3.04. The van der Waals surface area contributed by atoms with E-state index in [0.717, 1.165) is 48.8 Å². The van der Waals surface area contributed by atoms with Gasteiger partial charge in [-0.2, -0.15) is 0 Å². The number of aliphatic hydroxyl groups excluding tert-OH is 1. The average molecular weight is 266 g/mol. The molecule has 0 aliphatic heterocycles. The molecule has 1 rings (SSSR count). The molecule has 19 heavy (non-hydrogen) atoms. The Bertz CT molecular complexity index is 393. The van der Waals surface area contributed by atoms with Gasteiger partial charge in [0.25, 0.3) is 0 Å². The fourth-order valence-corrected chi connectivity index (χ4v) is 1.83. The minimum absolute atomic E-state index is 0.272. The molecule has 0 spiro atoms. The maximum Gasteiger partial charge on any atom is 0.135 e. The van der Waals surface area contributed by atoms with Crippen LogP contribution in [0.4, 0.5) is 11.6 Å². The third kappa shape index (κ3) is 4.67. The van der Waals surface area contributed by atoms with Gasteiger partial charge < -0.3 is 15.7 Å². The summed E-state index contributed by atoms with van der Waals surface area (Å²) in [6, 6.07) is 0. The summed E-state index contributed by atoms with van der Waals surface area (Å²) in [6.45, 7) is 7.35. The predicted molar refractivity (Wildman–Crippen MR) is 79.8 cm³/mol. The Morgan fingerprint density at radius 1 is 1.11 bits per heavy atom. The number of nitrogens with zero attached hydrogens (tertiary/aromatic N) is 2. The third-order valence-corrected chi connectivity index (χ3v) is 3.04. The van der Waals surface area contributed by atoms with Gasteiger partial charge in [0.05, 0.1) is 0 Å². The SMILES string of the molecule is CNc1nc(C(C)C)nc(NCCCCCO)c1C. The lowest BCUT2D eigenvalue weighted by atomic mass is 10.2. The maximum absolute atomic E-state index is 8.74. The molecular weight excluding hydrogens is 240 g/mol. The van der Waals surface area contributed by atoms with E-state index in [1.165, 1.54) is 0 Å². The van der Waals surface area contributed by atoms with Gasteiger partial charge in [0.2, 0.25) is 0 Å². The van der Waals surface area contributed by atoms with E-state index >= 15 is 0 Å². The summed E-state index contributed by atoms with van der Waals surface area (Å²) in [5.74, 6) is 2.96. The van der Waals surface area contributed by atoms with Gasteiger partial charge in [-0.05, 0) is 26.2 Å². The first-order valence-electron chi connectivity index (χ1n) is 7.01. The highest BCUT2D eigenvalue weighted by molar-refractivity contribution is 5.57. The molecule has 108 valence electrons. The van der Waals surface area contributed by atoms with Crippen LogP contribution in [0.5, 0.6) is 0 Å². The molecule has 1 aromatic heterocycles. The van der Waals surface area contributed by atoms with E-state index in [0.29, 0.717) is 5.92 Å². The number of nitrogens with one attached hydrogen (secondary N) is 2. The summed E-state index contributed by atoms with van der Waals surface area (Å²) < 4.78 is 0. The zero-order valence-electron chi connectivity index (χ0n) is 12.5. The van der Waals surface area contributed by atoms with Crippen molar-refractivity contribution in [2.75, 3.05) is 30.8 Å². The second-order valence-corrected chi connectivity index (χ2v) is 5.02. The smallest absolute Gasteiger partial charge is 0.135 e. The molecular formula is C14H26N4O. The van der Waals surface area contributed by atoms with E-state index in [4.69, 9.17) is 5.11 Å². The standard InChI is InChI=1S/C14H26N4O/c1-10(2)12-17-13(15-4)11(3)14(18-12)16-8-6-5-7-9-19/h10,19H,5-9H2,1-4H3,(H2,15,16,17,18). The average Bonchev–Trinajstić information content (AvgIpc) is 2.40. The van der Waals surface area contributed by atoms with Crippen molar-refractivity contribution in [3.05, 3.63) is 11.4 Å². The molecule has 0 saturated heterocycles. The van der Waals surface area contributed by atoms with E-state index in [2.05, 4.69) is 34.4 Å². The molecule has 0 bridgehead atoms. The van der Waals surface area contributed by atoms with Gasteiger partial charge in [0, 0.05) is 31.7 Å². The van der Waals surface area contributed by atoms with Gasteiger partial charge in [-0.1, -0.05) is 13.8 Å². The van der Waals surface area contributed by atoms with Crippen LogP contribution in [0.1, 0.15) is 50.4 Å². The maximum atomic E-state index is 8.74. The van der Waals surface area contributed by atoms with Crippen molar-refractivity contribution in [3.8, 4) is 0 Å². The van der Waals surface area contributed by atoms with Crippen LogP contribution in [0.3, 0.4) is 0 Å². The zero-order valence-corrected chi connectivity index (χ0v) is 12.5. The number of aromatic nitrogens is 2. The van der Waals surface area contributed by atoms with Gasteiger partial charge in [-0.15, -0.1) is 0 Å². The Kier molecular flexibility index (Phi) is 6.56. The van der Waals surface area contributed by atoms with Crippen LogP contribution in [0.25, 0.3) is 0 Å². The molecule has 0 unspecified atom stereocenters. The molecule has 5 nitrogen and oxygen atoms in total. The Hall–Kier alpha value is -1.36. The monoisotopic (exact) mass is 266 g/mol. The molecule has 3 N–H and O–H groups in total. The number of anilines is 2. The number of unbranched alkanes of at least 4 members (excludes halogenated alkanes) is 2. The molecule has 0 fully saturated rings. The molecule has 0 aliphatic rings. The number of rotatable bonds is 8. The summed E-state index contributed by atoms with van der Waals surface area (Å²) in [6.07, 6.45) is 2.93. The largest absolute Gasteiger partial charge is 0.396 e. The Balaban J connectivity index is 2.72. The number of hydrogen-bond acceptors (Lipinski definition) is 5.